The minimum atomic E-state index is -3.20. The Morgan fingerprint density at radius 1 is 1.11 bits per heavy atom. The molecule has 2 rings (SSSR count). The van der Waals surface area contributed by atoms with Crippen molar-refractivity contribution in [3.8, 4) is 0 Å². The van der Waals surface area contributed by atoms with Crippen molar-refractivity contribution in [2.45, 2.75) is 75.5 Å². The van der Waals surface area contributed by atoms with Crippen LogP contribution in [0.15, 0.2) is 0 Å². The maximum Gasteiger partial charge on any atom is 0.215 e. The zero-order valence-electron chi connectivity index (χ0n) is 12.0. The lowest BCUT2D eigenvalue weighted by Crippen LogP contribution is -2.57. The lowest BCUT2D eigenvalue weighted by molar-refractivity contribution is 0.230. The van der Waals surface area contributed by atoms with E-state index in [1.807, 2.05) is 0 Å². The molecule has 3 N–H and O–H groups in total. The second-order valence-corrected chi connectivity index (χ2v) is 8.53. The minimum absolute atomic E-state index is 0.191. The number of nitrogens with one attached hydrogen (secondary N) is 1. The third kappa shape index (κ3) is 3.70. The summed E-state index contributed by atoms with van der Waals surface area (Å²) in [7, 11) is -3.20. The number of rotatable bonds is 4. The van der Waals surface area contributed by atoms with Gasteiger partial charge in [-0.1, -0.05) is 26.2 Å². The summed E-state index contributed by atoms with van der Waals surface area (Å²) in [6, 6.07) is 0. The summed E-state index contributed by atoms with van der Waals surface area (Å²) in [5.74, 6) is 0.693. The van der Waals surface area contributed by atoms with Gasteiger partial charge in [0, 0.05) is 12.1 Å². The minimum Gasteiger partial charge on any atom is -0.329 e. The Morgan fingerprint density at radius 2 is 1.68 bits per heavy atom. The van der Waals surface area contributed by atoms with E-state index in [9.17, 15) is 8.42 Å². The maximum atomic E-state index is 12.5. The Hall–Kier alpha value is -0.130. The topological polar surface area (TPSA) is 72.2 Å². The predicted molar refractivity (Wildman–Crippen MR) is 78.3 cm³/mol. The molecule has 0 saturated heterocycles. The summed E-state index contributed by atoms with van der Waals surface area (Å²) in [4.78, 5) is 0. The maximum absolute atomic E-state index is 12.5. The monoisotopic (exact) mass is 288 g/mol. The Bertz CT molecular complexity index is 380. The van der Waals surface area contributed by atoms with Gasteiger partial charge in [0.15, 0.2) is 0 Å². The Morgan fingerprint density at radius 3 is 2.21 bits per heavy atom. The van der Waals surface area contributed by atoms with Crippen molar-refractivity contribution in [1.82, 2.24) is 4.72 Å². The van der Waals surface area contributed by atoms with Crippen molar-refractivity contribution in [2.24, 2.45) is 11.7 Å². The molecule has 0 radical (unpaired) electrons. The van der Waals surface area contributed by atoms with Gasteiger partial charge < -0.3 is 5.73 Å². The van der Waals surface area contributed by atoms with E-state index < -0.39 is 10.0 Å². The summed E-state index contributed by atoms with van der Waals surface area (Å²) in [6.45, 7) is 2.65. The van der Waals surface area contributed by atoms with Gasteiger partial charge in [-0.25, -0.2) is 13.1 Å². The van der Waals surface area contributed by atoms with Crippen LogP contribution in [0.5, 0.6) is 0 Å². The van der Waals surface area contributed by atoms with Crippen LogP contribution in [0, 0.1) is 5.92 Å². The van der Waals surface area contributed by atoms with Crippen molar-refractivity contribution >= 4 is 10.0 Å². The first-order valence-electron chi connectivity index (χ1n) is 7.70. The fourth-order valence-electron chi connectivity index (χ4n) is 3.42. The number of hydrogen-bond donors (Lipinski definition) is 2. The molecule has 2 aliphatic rings. The quantitative estimate of drug-likeness (QED) is 0.832. The van der Waals surface area contributed by atoms with Gasteiger partial charge in [-0.3, -0.25) is 0 Å². The molecule has 0 spiro atoms. The van der Waals surface area contributed by atoms with Crippen molar-refractivity contribution < 1.29 is 8.42 Å². The van der Waals surface area contributed by atoms with E-state index in [1.54, 1.807) is 0 Å². The van der Waals surface area contributed by atoms with Gasteiger partial charge in [-0.2, -0.15) is 0 Å². The molecule has 4 nitrogen and oxygen atoms in total. The Kier molecular flexibility index (Phi) is 4.90. The summed E-state index contributed by atoms with van der Waals surface area (Å²) < 4.78 is 28.1. The SMILES string of the molecule is CC1CCC(CN)(NS(=O)(=O)C2CCCCC2)CC1. The zero-order chi connectivity index (χ0) is 13.9. The molecule has 0 atom stereocenters. The Balaban J connectivity index is 2.04. The van der Waals surface area contributed by atoms with Crippen LogP contribution >= 0.6 is 0 Å². The van der Waals surface area contributed by atoms with Gasteiger partial charge in [-0.05, 0) is 44.4 Å². The molecule has 2 aliphatic carbocycles. The van der Waals surface area contributed by atoms with Gasteiger partial charge in [0.2, 0.25) is 10.0 Å². The molecule has 0 aromatic heterocycles. The molecular formula is C14H28N2O2S. The number of sulfonamides is 1. The normalized spacial score (nSPS) is 34.3. The molecule has 5 heteroatoms. The summed E-state index contributed by atoms with van der Waals surface area (Å²) in [5.41, 5.74) is 5.52. The van der Waals surface area contributed by atoms with Crippen LogP contribution in [0.3, 0.4) is 0 Å². The summed E-state index contributed by atoms with van der Waals surface area (Å²) in [6.07, 6.45) is 8.79. The van der Waals surface area contributed by atoms with E-state index in [0.29, 0.717) is 12.5 Å². The van der Waals surface area contributed by atoms with E-state index in [1.165, 1.54) is 6.42 Å². The first-order valence-corrected chi connectivity index (χ1v) is 9.25. The average Bonchev–Trinajstić information content (AvgIpc) is 2.42. The van der Waals surface area contributed by atoms with Crippen LogP contribution in [0.25, 0.3) is 0 Å². The van der Waals surface area contributed by atoms with Crippen LogP contribution in [0.1, 0.15) is 64.7 Å². The molecule has 0 aliphatic heterocycles. The first-order chi connectivity index (χ1) is 8.97. The lowest BCUT2D eigenvalue weighted by Gasteiger charge is -2.40. The first kappa shape index (κ1) is 15.3. The highest BCUT2D eigenvalue weighted by atomic mass is 32.2. The molecule has 0 aromatic carbocycles. The highest BCUT2D eigenvalue weighted by molar-refractivity contribution is 7.90. The van der Waals surface area contributed by atoms with Crippen LogP contribution < -0.4 is 10.5 Å². The largest absolute Gasteiger partial charge is 0.329 e. The fourth-order valence-corrected chi connectivity index (χ4v) is 5.43. The molecule has 0 heterocycles. The second kappa shape index (κ2) is 6.10. The van der Waals surface area contributed by atoms with Crippen molar-refractivity contribution in [1.29, 1.82) is 0 Å². The van der Waals surface area contributed by atoms with Crippen molar-refractivity contribution in [3.05, 3.63) is 0 Å². The molecule has 0 unspecified atom stereocenters. The zero-order valence-corrected chi connectivity index (χ0v) is 12.8. The molecule has 0 aromatic rings. The third-order valence-electron chi connectivity index (χ3n) is 4.97. The Labute approximate surface area is 117 Å². The average molecular weight is 288 g/mol. The van der Waals surface area contributed by atoms with E-state index in [-0.39, 0.29) is 10.8 Å². The van der Waals surface area contributed by atoms with E-state index in [2.05, 4.69) is 11.6 Å². The van der Waals surface area contributed by atoms with Gasteiger partial charge in [0.05, 0.1) is 5.25 Å². The molecule has 2 fully saturated rings. The van der Waals surface area contributed by atoms with Gasteiger partial charge in [0.25, 0.3) is 0 Å². The molecule has 0 bridgehead atoms. The lowest BCUT2D eigenvalue weighted by atomic mass is 9.78. The molecular weight excluding hydrogens is 260 g/mol. The van der Waals surface area contributed by atoms with E-state index in [4.69, 9.17) is 5.73 Å². The molecule has 2 saturated carbocycles. The van der Waals surface area contributed by atoms with Crippen LogP contribution in [-0.2, 0) is 10.0 Å². The highest BCUT2D eigenvalue weighted by Crippen LogP contribution is 2.33. The third-order valence-corrected chi connectivity index (χ3v) is 7.04. The van der Waals surface area contributed by atoms with E-state index in [0.717, 1.165) is 51.4 Å². The second-order valence-electron chi connectivity index (χ2n) is 6.57. The fraction of sp³-hybridized carbons (Fsp3) is 1.00. The summed E-state index contributed by atoms with van der Waals surface area (Å²) in [5, 5.41) is -0.191. The van der Waals surface area contributed by atoms with Crippen LogP contribution in [0.4, 0.5) is 0 Å². The van der Waals surface area contributed by atoms with Crippen molar-refractivity contribution in [3.63, 3.8) is 0 Å². The number of nitrogens with two attached hydrogens (primary N) is 1. The van der Waals surface area contributed by atoms with Crippen LogP contribution in [-0.4, -0.2) is 25.8 Å². The molecule has 19 heavy (non-hydrogen) atoms. The van der Waals surface area contributed by atoms with Crippen LogP contribution in [0.2, 0.25) is 0 Å². The standard InChI is InChI=1S/C14H28N2O2S/c1-12-7-9-14(11-15,10-8-12)16-19(17,18)13-5-3-2-4-6-13/h12-13,16H,2-11,15H2,1H3. The highest BCUT2D eigenvalue weighted by Gasteiger charge is 2.39. The van der Waals surface area contributed by atoms with Crippen molar-refractivity contribution in [2.75, 3.05) is 6.54 Å². The van der Waals surface area contributed by atoms with E-state index >= 15 is 0 Å². The number of hydrogen-bond acceptors (Lipinski definition) is 3. The predicted octanol–water partition coefficient (Wildman–Crippen LogP) is 2.15. The smallest absolute Gasteiger partial charge is 0.215 e. The summed E-state index contributed by atoms with van der Waals surface area (Å²) >= 11 is 0. The molecule has 112 valence electrons. The van der Waals surface area contributed by atoms with Gasteiger partial charge >= 0.3 is 0 Å². The van der Waals surface area contributed by atoms with Gasteiger partial charge in [-0.15, -0.1) is 0 Å². The molecule has 0 amide bonds. The van der Waals surface area contributed by atoms with Gasteiger partial charge in [0.1, 0.15) is 0 Å².